The van der Waals surface area contributed by atoms with Gasteiger partial charge in [-0.05, 0) is 24.7 Å². The lowest BCUT2D eigenvalue weighted by Gasteiger charge is -2.36. The van der Waals surface area contributed by atoms with Gasteiger partial charge in [0.05, 0.1) is 6.10 Å². The van der Waals surface area contributed by atoms with Crippen molar-refractivity contribution in [3.63, 3.8) is 0 Å². The van der Waals surface area contributed by atoms with Gasteiger partial charge in [-0.25, -0.2) is 0 Å². The fourth-order valence-corrected chi connectivity index (χ4v) is 1.54. The zero-order valence-corrected chi connectivity index (χ0v) is 9.22. The summed E-state index contributed by atoms with van der Waals surface area (Å²) in [5, 5.41) is 9.67. The second kappa shape index (κ2) is 4.86. The summed E-state index contributed by atoms with van der Waals surface area (Å²) in [7, 11) is 0. The number of rotatable bonds is 5. The average Bonchev–Trinajstić information content (AvgIpc) is 1.99. The molecular weight excluding hydrogens is 148 g/mol. The van der Waals surface area contributed by atoms with Crippen molar-refractivity contribution in [2.75, 3.05) is 0 Å². The maximum Gasteiger partial charge on any atom is 0.0568 e. The zero-order chi connectivity index (χ0) is 9.78. The Morgan fingerprint density at radius 1 is 1.25 bits per heavy atom. The molecule has 0 saturated heterocycles. The Kier molecular flexibility index (Phi) is 4.84. The molecule has 12 heavy (non-hydrogen) atoms. The van der Waals surface area contributed by atoms with E-state index in [9.17, 15) is 5.11 Å². The molecule has 1 N–H and O–H groups in total. The quantitative estimate of drug-likeness (QED) is 0.675. The van der Waals surface area contributed by atoms with Gasteiger partial charge in [0.25, 0.3) is 0 Å². The van der Waals surface area contributed by atoms with E-state index < -0.39 is 0 Å². The second-order valence-electron chi connectivity index (χ2n) is 4.44. The van der Waals surface area contributed by atoms with E-state index in [0.29, 0.717) is 5.92 Å². The van der Waals surface area contributed by atoms with Gasteiger partial charge in [-0.1, -0.05) is 40.5 Å². The first-order valence-corrected chi connectivity index (χ1v) is 5.13. The number of hydrogen-bond donors (Lipinski definition) is 1. The van der Waals surface area contributed by atoms with Crippen LogP contribution in [0.25, 0.3) is 0 Å². The van der Waals surface area contributed by atoms with Crippen molar-refractivity contribution in [1.29, 1.82) is 0 Å². The molecule has 0 radical (unpaired) electrons. The normalized spacial score (nSPS) is 19.2. The number of hydrogen-bond acceptors (Lipinski definition) is 1. The largest absolute Gasteiger partial charge is 0.393 e. The molecule has 0 aliphatic heterocycles. The maximum absolute atomic E-state index is 9.67. The van der Waals surface area contributed by atoms with Crippen molar-refractivity contribution in [2.24, 2.45) is 11.3 Å². The molecule has 0 bridgehead atoms. The van der Waals surface area contributed by atoms with Crippen LogP contribution in [0.5, 0.6) is 0 Å². The highest BCUT2D eigenvalue weighted by Gasteiger charge is 2.32. The van der Waals surface area contributed by atoms with Gasteiger partial charge in [0.2, 0.25) is 0 Å². The molecule has 0 aliphatic rings. The monoisotopic (exact) mass is 172 g/mol. The third-order valence-electron chi connectivity index (χ3n) is 3.34. The van der Waals surface area contributed by atoms with Crippen LogP contribution in [0.3, 0.4) is 0 Å². The SMILES string of the molecule is CCCC[C@@](C)(C(C)C)[C@H](C)O. The molecule has 2 atom stereocenters. The molecule has 0 aromatic carbocycles. The minimum absolute atomic E-state index is 0.107. The van der Waals surface area contributed by atoms with E-state index in [2.05, 4.69) is 27.7 Å². The van der Waals surface area contributed by atoms with Crippen LogP contribution in [0.15, 0.2) is 0 Å². The molecule has 1 nitrogen and oxygen atoms in total. The summed E-state index contributed by atoms with van der Waals surface area (Å²) in [6, 6.07) is 0. The van der Waals surface area contributed by atoms with Crippen molar-refractivity contribution < 1.29 is 5.11 Å². The third kappa shape index (κ3) is 2.78. The molecular formula is C11H24O. The minimum Gasteiger partial charge on any atom is -0.393 e. The Bertz CT molecular complexity index is 108. The molecule has 0 heterocycles. The second-order valence-corrected chi connectivity index (χ2v) is 4.44. The van der Waals surface area contributed by atoms with E-state index in [4.69, 9.17) is 0 Å². The summed E-state index contributed by atoms with van der Waals surface area (Å²) in [6.07, 6.45) is 3.39. The van der Waals surface area contributed by atoms with E-state index in [1.807, 2.05) is 6.92 Å². The van der Waals surface area contributed by atoms with E-state index >= 15 is 0 Å². The standard InChI is InChI=1S/C11H24O/c1-6-7-8-11(5,9(2)3)10(4)12/h9-10,12H,6-8H2,1-5H3/t10-,11-/m0/s1. The predicted molar refractivity (Wildman–Crippen MR) is 54.2 cm³/mol. The van der Waals surface area contributed by atoms with Gasteiger partial charge in [-0.3, -0.25) is 0 Å². The molecule has 0 saturated carbocycles. The molecule has 0 aliphatic carbocycles. The lowest BCUT2D eigenvalue weighted by Crippen LogP contribution is -2.35. The van der Waals surface area contributed by atoms with Crippen LogP contribution in [0.1, 0.15) is 53.9 Å². The molecule has 0 spiro atoms. The lowest BCUT2D eigenvalue weighted by atomic mass is 9.71. The van der Waals surface area contributed by atoms with Crippen molar-refractivity contribution in [3.05, 3.63) is 0 Å². The Hall–Kier alpha value is -0.0400. The van der Waals surface area contributed by atoms with Gasteiger partial charge in [0, 0.05) is 0 Å². The Morgan fingerprint density at radius 2 is 1.75 bits per heavy atom. The van der Waals surface area contributed by atoms with Crippen LogP contribution in [0.2, 0.25) is 0 Å². The summed E-state index contributed by atoms with van der Waals surface area (Å²) in [6.45, 7) is 10.7. The van der Waals surface area contributed by atoms with Gasteiger partial charge in [-0.15, -0.1) is 0 Å². The van der Waals surface area contributed by atoms with Crippen molar-refractivity contribution >= 4 is 0 Å². The van der Waals surface area contributed by atoms with Crippen LogP contribution in [-0.2, 0) is 0 Å². The highest BCUT2D eigenvalue weighted by atomic mass is 16.3. The van der Waals surface area contributed by atoms with E-state index in [1.165, 1.54) is 12.8 Å². The predicted octanol–water partition coefficient (Wildman–Crippen LogP) is 3.22. The van der Waals surface area contributed by atoms with Crippen molar-refractivity contribution in [2.45, 2.75) is 60.0 Å². The summed E-state index contributed by atoms with van der Waals surface area (Å²) < 4.78 is 0. The number of aliphatic hydroxyl groups is 1. The Labute approximate surface area is 77.2 Å². The molecule has 0 amide bonds. The minimum atomic E-state index is -0.191. The van der Waals surface area contributed by atoms with Gasteiger partial charge >= 0.3 is 0 Å². The molecule has 1 heteroatoms. The van der Waals surface area contributed by atoms with E-state index in [1.54, 1.807) is 0 Å². The number of unbranched alkanes of at least 4 members (excludes halogenated alkanes) is 1. The number of aliphatic hydroxyl groups excluding tert-OH is 1. The molecule has 0 rings (SSSR count). The highest BCUT2D eigenvalue weighted by Crippen LogP contribution is 2.36. The van der Waals surface area contributed by atoms with Crippen LogP contribution in [0, 0.1) is 11.3 Å². The van der Waals surface area contributed by atoms with Gasteiger partial charge < -0.3 is 5.11 Å². The first-order chi connectivity index (χ1) is 5.45. The van der Waals surface area contributed by atoms with Crippen molar-refractivity contribution in [1.82, 2.24) is 0 Å². The van der Waals surface area contributed by atoms with Crippen LogP contribution in [0.4, 0.5) is 0 Å². The molecule has 0 fully saturated rings. The van der Waals surface area contributed by atoms with E-state index in [0.717, 1.165) is 6.42 Å². The van der Waals surface area contributed by atoms with E-state index in [-0.39, 0.29) is 11.5 Å². The first kappa shape index (κ1) is 12.0. The van der Waals surface area contributed by atoms with Crippen LogP contribution in [-0.4, -0.2) is 11.2 Å². The summed E-state index contributed by atoms with van der Waals surface area (Å²) in [4.78, 5) is 0. The van der Waals surface area contributed by atoms with Crippen molar-refractivity contribution in [3.8, 4) is 0 Å². The zero-order valence-electron chi connectivity index (χ0n) is 9.22. The summed E-state index contributed by atoms with van der Waals surface area (Å²) in [5.41, 5.74) is 0.107. The summed E-state index contributed by atoms with van der Waals surface area (Å²) in [5.74, 6) is 0.559. The van der Waals surface area contributed by atoms with Crippen LogP contribution >= 0.6 is 0 Å². The highest BCUT2D eigenvalue weighted by molar-refractivity contribution is 4.82. The average molecular weight is 172 g/mol. The fourth-order valence-electron chi connectivity index (χ4n) is 1.54. The molecule has 74 valence electrons. The van der Waals surface area contributed by atoms with Gasteiger partial charge in [0.1, 0.15) is 0 Å². The maximum atomic E-state index is 9.67. The Balaban J connectivity index is 4.19. The van der Waals surface area contributed by atoms with Gasteiger partial charge in [-0.2, -0.15) is 0 Å². The molecule has 0 aromatic rings. The summed E-state index contributed by atoms with van der Waals surface area (Å²) >= 11 is 0. The Morgan fingerprint density at radius 3 is 2.00 bits per heavy atom. The topological polar surface area (TPSA) is 20.2 Å². The third-order valence-corrected chi connectivity index (χ3v) is 3.34. The lowest BCUT2D eigenvalue weighted by molar-refractivity contribution is 0.00818. The molecule has 0 unspecified atom stereocenters. The fraction of sp³-hybridized carbons (Fsp3) is 1.00. The van der Waals surface area contributed by atoms with Crippen LogP contribution < -0.4 is 0 Å². The van der Waals surface area contributed by atoms with Gasteiger partial charge in [0.15, 0.2) is 0 Å². The molecule has 0 aromatic heterocycles. The smallest absolute Gasteiger partial charge is 0.0568 e. The first-order valence-electron chi connectivity index (χ1n) is 5.13.